The van der Waals surface area contributed by atoms with E-state index in [4.69, 9.17) is 21.6 Å². The highest BCUT2D eigenvalue weighted by molar-refractivity contribution is 6.30. The van der Waals surface area contributed by atoms with Gasteiger partial charge in [0.1, 0.15) is 0 Å². The largest absolute Gasteiger partial charge is 0.504 e. The molecule has 0 aliphatic heterocycles. The lowest BCUT2D eigenvalue weighted by atomic mass is 10.1. The highest BCUT2D eigenvalue weighted by Crippen LogP contribution is 2.31. The lowest BCUT2D eigenvalue weighted by molar-refractivity contribution is 0.101. The summed E-state index contributed by atoms with van der Waals surface area (Å²) in [5.41, 5.74) is 0.235. The molecule has 0 aliphatic rings. The summed E-state index contributed by atoms with van der Waals surface area (Å²) in [6, 6.07) is 4.49. The molecule has 1 aromatic carbocycles. The van der Waals surface area contributed by atoms with Crippen LogP contribution >= 0.6 is 11.6 Å². The Balaban J connectivity index is 3.38. The first-order valence-corrected chi connectivity index (χ1v) is 4.57. The van der Waals surface area contributed by atoms with Crippen LogP contribution in [0.15, 0.2) is 12.1 Å². The van der Waals surface area contributed by atoms with Crippen LogP contribution in [0, 0.1) is 11.3 Å². The van der Waals surface area contributed by atoms with Crippen molar-refractivity contribution in [1.29, 1.82) is 5.26 Å². The van der Waals surface area contributed by atoms with E-state index in [0.29, 0.717) is 0 Å². The molecule has 5 heteroatoms. The first-order valence-electron chi connectivity index (χ1n) is 4.04. The summed E-state index contributed by atoms with van der Waals surface area (Å²) < 4.78 is 4.83. The van der Waals surface area contributed by atoms with E-state index in [9.17, 15) is 9.90 Å². The van der Waals surface area contributed by atoms with Gasteiger partial charge in [-0.15, -0.1) is 11.6 Å². The Kier molecular flexibility index (Phi) is 3.53. The number of rotatable bonds is 3. The number of ether oxygens (including phenoxy) is 1. The fourth-order valence-corrected chi connectivity index (χ4v) is 1.26. The first kappa shape index (κ1) is 11.3. The molecule has 0 atom stereocenters. The van der Waals surface area contributed by atoms with Gasteiger partial charge in [0.25, 0.3) is 0 Å². The van der Waals surface area contributed by atoms with Gasteiger partial charge in [-0.1, -0.05) is 0 Å². The van der Waals surface area contributed by atoms with Crippen molar-refractivity contribution in [3.8, 4) is 17.6 Å². The number of methoxy groups -OCH3 is 1. The van der Waals surface area contributed by atoms with Gasteiger partial charge in [-0.05, 0) is 6.07 Å². The zero-order valence-corrected chi connectivity index (χ0v) is 8.71. The van der Waals surface area contributed by atoms with Gasteiger partial charge >= 0.3 is 0 Å². The number of nitriles is 1. The van der Waals surface area contributed by atoms with Crippen molar-refractivity contribution in [2.45, 2.75) is 0 Å². The Bertz CT molecular complexity index is 437. The van der Waals surface area contributed by atoms with Crippen LogP contribution in [0.2, 0.25) is 0 Å². The number of hydrogen-bond acceptors (Lipinski definition) is 4. The van der Waals surface area contributed by atoms with Crippen molar-refractivity contribution in [2.24, 2.45) is 0 Å². The van der Waals surface area contributed by atoms with Gasteiger partial charge in [0.2, 0.25) is 0 Å². The average Bonchev–Trinajstić information content (AvgIpc) is 2.28. The molecule has 4 nitrogen and oxygen atoms in total. The van der Waals surface area contributed by atoms with Gasteiger partial charge in [0.15, 0.2) is 17.3 Å². The number of carbonyl (C=O) groups excluding carboxylic acids is 1. The summed E-state index contributed by atoms with van der Waals surface area (Å²) in [4.78, 5) is 11.3. The molecule has 0 unspecified atom stereocenters. The molecule has 0 aliphatic carbocycles. The van der Waals surface area contributed by atoms with Gasteiger partial charge in [-0.25, -0.2) is 0 Å². The van der Waals surface area contributed by atoms with Crippen LogP contribution in [-0.2, 0) is 0 Å². The number of phenolic OH excluding ortho intramolecular Hbond substituents is 1. The number of Topliss-reactive ketones (excluding diaryl/α,β-unsaturated/α-hetero) is 1. The second-order valence-corrected chi connectivity index (χ2v) is 3.01. The maximum Gasteiger partial charge on any atom is 0.181 e. The molecule has 0 radical (unpaired) electrons. The highest BCUT2D eigenvalue weighted by atomic mass is 35.5. The lowest BCUT2D eigenvalue weighted by Gasteiger charge is -2.07. The van der Waals surface area contributed by atoms with Crippen molar-refractivity contribution >= 4 is 17.4 Å². The van der Waals surface area contributed by atoms with E-state index >= 15 is 0 Å². The zero-order valence-electron chi connectivity index (χ0n) is 7.95. The first-order chi connectivity index (χ1) is 7.13. The van der Waals surface area contributed by atoms with Crippen LogP contribution in [0.25, 0.3) is 0 Å². The lowest BCUT2D eigenvalue weighted by Crippen LogP contribution is -2.02. The standard InChI is InChI=1S/C10H8ClNO3/c1-15-9-3-6(5-12)2-7(10(9)14)8(13)4-11/h2-3,14H,4H2,1H3. The summed E-state index contributed by atoms with van der Waals surface area (Å²) in [6.45, 7) is 0. The molecule has 0 fully saturated rings. The fraction of sp³-hybridized carbons (Fsp3) is 0.200. The third-order valence-electron chi connectivity index (χ3n) is 1.85. The summed E-state index contributed by atoms with van der Waals surface area (Å²) in [6.07, 6.45) is 0. The molecule has 0 spiro atoms. The van der Waals surface area contributed by atoms with Crippen LogP contribution in [0.4, 0.5) is 0 Å². The Morgan fingerprint density at radius 1 is 1.67 bits per heavy atom. The molecule has 0 saturated carbocycles. The fourth-order valence-electron chi connectivity index (χ4n) is 1.11. The number of carbonyl (C=O) groups is 1. The van der Waals surface area contributed by atoms with E-state index in [1.54, 1.807) is 0 Å². The minimum absolute atomic E-state index is 0.000833. The van der Waals surface area contributed by atoms with Crippen LogP contribution in [0.1, 0.15) is 15.9 Å². The smallest absolute Gasteiger partial charge is 0.181 e. The van der Waals surface area contributed by atoms with Crippen molar-refractivity contribution in [3.05, 3.63) is 23.3 Å². The number of ketones is 1. The van der Waals surface area contributed by atoms with Gasteiger partial charge in [-0.3, -0.25) is 4.79 Å². The van der Waals surface area contributed by atoms with Gasteiger partial charge in [0, 0.05) is 6.07 Å². The topological polar surface area (TPSA) is 70.3 Å². The minimum atomic E-state index is -0.454. The molecule has 1 rings (SSSR count). The molecular weight excluding hydrogens is 218 g/mol. The molecular formula is C10H8ClNO3. The molecule has 0 aromatic heterocycles. The zero-order chi connectivity index (χ0) is 11.4. The van der Waals surface area contributed by atoms with Crippen molar-refractivity contribution < 1.29 is 14.6 Å². The molecule has 15 heavy (non-hydrogen) atoms. The van der Waals surface area contributed by atoms with Crippen LogP contribution in [0.3, 0.4) is 0 Å². The predicted molar refractivity (Wildman–Crippen MR) is 54.4 cm³/mol. The molecule has 78 valence electrons. The predicted octanol–water partition coefficient (Wildman–Crippen LogP) is 1.69. The Morgan fingerprint density at radius 3 is 2.80 bits per heavy atom. The summed E-state index contributed by atoms with van der Waals surface area (Å²) in [7, 11) is 1.34. The number of benzene rings is 1. The number of aromatic hydroxyl groups is 1. The Morgan fingerprint density at radius 2 is 2.33 bits per heavy atom. The highest BCUT2D eigenvalue weighted by Gasteiger charge is 2.16. The monoisotopic (exact) mass is 225 g/mol. The number of nitrogens with zero attached hydrogens (tertiary/aromatic N) is 1. The maximum atomic E-state index is 11.3. The SMILES string of the molecule is COc1cc(C#N)cc(C(=O)CCl)c1O. The minimum Gasteiger partial charge on any atom is -0.504 e. The second-order valence-electron chi connectivity index (χ2n) is 2.74. The van der Waals surface area contributed by atoms with E-state index in [1.165, 1.54) is 19.2 Å². The van der Waals surface area contributed by atoms with Gasteiger partial charge in [-0.2, -0.15) is 5.26 Å². The number of alkyl halides is 1. The summed E-state index contributed by atoms with van der Waals surface area (Å²) in [5, 5.41) is 18.3. The number of halogens is 1. The average molecular weight is 226 g/mol. The van der Waals surface area contributed by atoms with Crippen LogP contribution in [0.5, 0.6) is 11.5 Å². The van der Waals surface area contributed by atoms with Crippen molar-refractivity contribution in [2.75, 3.05) is 13.0 Å². The number of hydrogen-bond donors (Lipinski definition) is 1. The van der Waals surface area contributed by atoms with Gasteiger partial charge < -0.3 is 9.84 Å². The van der Waals surface area contributed by atoms with Crippen LogP contribution < -0.4 is 4.74 Å². The third-order valence-corrected chi connectivity index (χ3v) is 2.09. The van der Waals surface area contributed by atoms with E-state index in [2.05, 4.69) is 0 Å². The Labute approximate surface area is 91.7 Å². The molecule has 0 bridgehead atoms. The van der Waals surface area contributed by atoms with E-state index in [0.717, 1.165) is 0 Å². The Hall–Kier alpha value is -1.73. The van der Waals surface area contributed by atoms with Crippen molar-refractivity contribution in [1.82, 2.24) is 0 Å². The van der Waals surface area contributed by atoms with Crippen molar-refractivity contribution in [3.63, 3.8) is 0 Å². The molecule has 1 N–H and O–H groups in total. The van der Waals surface area contributed by atoms with E-state index in [-0.39, 0.29) is 28.5 Å². The molecule has 1 aromatic rings. The van der Waals surface area contributed by atoms with Gasteiger partial charge in [0.05, 0.1) is 30.2 Å². The summed E-state index contributed by atoms with van der Waals surface area (Å²) >= 11 is 5.37. The summed E-state index contributed by atoms with van der Waals surface area (Å²) in [5.74, 6) is -0.916. The van der Waals surface area contributed by atoms with Crippen LogP contribution in [-0.4, -0.2) is 23.9 Å². The quantitative estimate of drug-likeness (QED) is 0.628. The second kappa shape index (κ2) is 4.67. The third kappa shape index (κ3) is 2.20. The normalized spacial score (nSPS) is 9.40. The molecule has 0 heterocycles. The molecule has 0 amide bonds. The number of phenols is 1. The van der Waals surface area contributed by atoms with E-state index < -0.39 is 5.78 Å². The van der Waals surface area contributed by atoms with E-state index in [1.807, 2.05) is 6.07 Å². The molecule has 0 saturated heterocycles. The maximum absolute atomic E-state index is 11.3.